The smallest absolute Gasteiger partial charge is 0.174 e. The molecule has 1 N–H and O–H groups in total. The maximum Gasteiger partial charge on any atom is 0.174 e. The molecule has 0 unspecified atom stereocenters. The predicted octanol–water partition coefficient (Wildman–Crippen LogP) is 2.25. The summed E-state index contributed by atoms with van der Waals surface area (Å²) in [6.07, 6.45) is 2.98. The van der Waals surface area contributed by atoms with Crippen LogP contribution in [0.5, 0.6) is 0 Å². The zero-order valence-corrected chi connectivity index (χ0v) is 11.9. The molecule has 0 fully saturated rings. The first-order chi connectivity index (χ1) is 8.46. The van der Waals surface area contributed by atoms with E-state index in [2.05, 4.69) is 19.2 Å². The van der Waals surface area contributed by atoms with Crippen molar-refractivity contribution in [3.63, 3.8) is 0 Å². The lowest BCUT2D eigenvalue weighted by molar-refractivity contribution is -0.132. The van der Waals surface area contributed by atoms with Gasteiger partial charge in [-0.1, -0.05) is 13.8 Å². The van der Waals surface area contributed by atoms with E-state index in [0.29, 0.717) is 26.2 Å². The van der Waals surface area contributed by atoms with Crippen LogP contribution < -0.4 is 5.32 Å². The molecule has 18 heavy (non-hydrogen) atoms. The van der Waals surface area contributed by atoms with E-state index < -0.39 is 0 Å². The van der Waals surface area contributed by atoms with E-state index in [0.717, 1.165) is 12.1 Å². The monoisotopic (exact) mass is 255 g/mol. The number of carbonyl (C=O) groups is 1. The van der Waals surface area contributed by atoms with Crippen molar-refractivity contribution < 1.29 is 14.3 Å². The lowest BCUT2D eigenvalue weighted by Crippen LogP contribution is -2.34. The summed E-state index contributed by atoms with van der Waals surface area (Å²) in [5.74, 6) is 0.193. The number of hydrogen-bond donors (Lipinski definition) is 1. The van der Waals surface area contributed by atoms with Crippen LogP contribution in [0.25, 0.3) is 0 Å². The van der Waals surface area contributed by atoms with Gasteiger partial charge in [-0.3, -0.25) is 4.79 Å². The number of carbonyl (C=O) groups excluding carboxylic acids is 1. The van der Waals surface area contributed by atoms with Crippen molar-refractivity contribution in [3.05, 3.63) is 11.8 Å². The number of hydrogen-bond acceptors (Lipinski definition) is 4. The summed E-state index contributed by atoms with van der Waals surface area (Å²) in [5, 5.41) is 3.27. The van der Waals surface area contributed by atoms with Crippen LogP contribution in [-0.4, -0.2) is 31.8 Å². The second kappa shape index (κ2) is 6.90. The molecular weight excluding hydrogens is 230 g/mol. The Balaban J connectivity index is 2.48. The van der Waals surface area contributed by atoms with Crippen molar-refractivity contribution in [2.45, 2.75) is 46.8 Å². The van der Waals surface area contributed by atoms with Gasteiger partial charge in [0.25, 0.3) is 0 Å². The molecule has 1 aliphatic rings. The summed E-state index contributed by atoms with van der Waals surface area (Å²) in [6, 6.07) is 0. The Morgan fingerprint density at radius 3 is 2.39 bits per heavy atom. The quantitative estimate of drug-likeness (QED) is 0.709. The first-order valence-corrected chi connectivity index (χ1v) is 6.67. The molecule has 0 aromatic heterocycles. The SMILES string of the molecule is CCOC(CNC1=CC(=O)CC(C)(C)C1)OCC. The lowest BCUT2D eigenvalue weighted by atomic mass is 9.79. The topological polar surface area (TPSA) is 47.6 Å². The summed E-state index contributed by atoms with van der Waals surface area (Å²) in [7, 11) is 0. The van der Waals surface area contributed by atoms with E-state index in [4.69, 9.17) is 9.47 Å². The van der Waals surface area contributed by atoms with E-state index in [1.165, 1.54) is 0 Å². The molecule has 4 nitrogen and oxygen atoms in total. The average molecular weight is 255 g/mol. The second-order valence-corrected chi connectivity index (χ2v) is 5.37. The van der Waals surface area contributed by atoms with Crippen LogP contribution in [-0.2, 0) is 14.3 Å². The third-order valence-electron chi connectivity index (χ3n) is 2.86. The lowest BCUT2D eigenvalue weighted by Gasteiger charge is -2.30. The number of allylic oxidation sites excluding steroid dienone is 2. The normalized spacial score (nSPS) is 18.9. The molecule has 0 saturated heterocycles. The molecule has 0 spiro atoms. The third kappa shape index (κ3) is 5.19. The highest BCUT2D eigenvalue weighted by Gasteiger charge is 2.27. The van der Waals surface area contributed by atoms with Gasteiger partial charge in [-0.25, -0.2) is 0 Å². The zero-order valence-electron chi connectivity index (χ0n) is 11.9. The van der Waals surface area contributed by atoms with Gasteiger partial charge in [0.05, 0.1) is 6.54 Å². The number of ketones is 1. The molecule has 0 amide bonds. The van der Waals surface area contributed by atoms with Crippen molar-refractivity contribution in [3.8, 4) is 0 Å². The van der Waals surface area contributed by atoms with Crippen molar-refractivity contribution in [2.75, 3.05) is 19.8 Å². The second-order valence-electron chi connectivity index (χ2n) is 5.37. The predicted molar refractivity (Wildman–Crippen MR) is 71.1 cm³/mol. The summed E-state index contributed by atoms with van der Waals surface area (Å²) in [4.78, 5) is 11.6. The highest BCUT2D eigenvalue weighted by Crippen LogP contribution is 2.32. The van der Waals surface area contributed by atoms with E-state index in [9.17, 15) is 4.79 Å². The Bertz CT molecular complexity index is 304. The fourth-order valence-corrected chi connectivity index (χ4v) is 2.21. The van der Waals surface area contributed by atoms with Crippen molar-refractivity contribution in [1.29, 1.82) is 0 Å². The van der Waals surface area contributed by atoms with Crippen LogP contribution in [0.2, 0.25) is 0 Å². The Morgan fingerprint density at radius 1 is 1.28 bits per heavy atom. The molecule has 0 aromatic carbocycles. The van der Waals surface area contributed by atoms with Gasteiger partial charge >= 0.3 is 0 Å². The standard InChI is InChI=1S/C14H25NO3/c1-5-17-13(18-6-2)10-15-11-7-12(16)9-14(3,4)8-11/h7,13,15H,5-6,8-10H2,1-4H3. The van der Waals surface area contributed by atoms with Crippen LogP contribution in [0.1, 0.15) is 40.5 Å². The minimum Gasteiger partial charge on any atom is -0.383 e. The molecule has 0 radical (unpaired) electrons. The van der Waals surface area contributed by atoms with Crippen molar-refractivity contribution in [2.24, 2.45) is 5.41 Å². The molecule has 0 aromatic rings. The highest BCUT2D eigenvalue weighted by molar-refractivity contribution is 5.91. The van der Waals surface area contributed by atoms with Gasteiger partial charge in [0, 0.05) is 31.4 Å². The first kappa shape index (κ1) is 15.2. The van der Waals surface area contributed by atoms with Gasteiger partial charge in [0.15, 0.2) is 12.1 Å². The van der Waals surface area contributed by atoms with Gasteiger partial charge in [-0.15, -0.1) is 0 Å². The zero-order chi connectivity index (χ0) is 13.6. The fraction of sp³-hybridized carbons (Fsp3) is 0.786. The molecule has 0 atom stereocenters. The van der Waals surface area contributed by atoms with E-state index in [-0.39, 0.29) is 17.5 Å². The first-order valence-electron chi connectivity index (χ1n) is 6.67. The minimum absolute atomic E-state index is 0.0425. The summed E-state index contributed by atoms with van der Waals surface area (Å²) >= 11 is 0. The molecule has 0 bridgehead atoms. The fourth-order valence-electron chi connectivity index (χ4n) is 2.21. The van der Waals surface area contributed by atoms with Crippen LogP contribution >= 0.6 is 0 Å². The van der Waals surface area contributed by atoms with E-state index in [1.54, 1.807) is 6.08 Å². The van der Waals surface area contributed by atoms with Gasteiger partial charge in [-0.2, -0.15) is 0 Å². The summed E-state index contributed by atoms with van der Waals surface area (Å²) in [5.41, 5.74) is 1.03. The van der Waals surface area contributed by atoms with E-state index >= 15 is 0 Å². The van der Waals surface area contributed by atoms with Crippen LogP contribution in [0.15, 0.2) is 11.8 Å². The third-order valence-corrected chi connectivity index (χ3v) is 2.86. The van der Waals surface area contributed by atoms with Gasteiger partial charge in [0.2, 0.25) is 0 Å². The van der Waals surface area contributed by atoms with Gasteiger partial charge in [-0.05, 0) is 25.7 Å². The van der Waals surface area contributed by atoms with Gasteiger partial charge in [0.1, 0.15) is 0 Å². The number of nitrogens with one attached hydrogen (secondary N) is 1. The average Bonchev–Trinajstić information content (AvgIpc) is 2.24. The maximum atomic E-state index is 11.6. The number of rotatable bonds is 7. The van der Waals surface area contributed by atoms with Crippen LogP contribution in [0.4, 0.5) is 0 Å². The molecule has 0 aliphatic heterocycles. The summed E-state index contributed by atoms with van der Waals surface area (Å²) in [6.45, 7) is 9.93. The molecule has 1 aliphatic carbocycles. The largest absolute Gasteiger partial charge is 0.383 e. The van der Waals surface area contributed by atoms with Crippen molar-refractivity contribution in [1.82, 2.24) is 5.32 Å². The van der Waals surface area contributed by atoms with Crippen LogP contribution in [0, 0.1) is 5.41 Å². The maximum absolute atomic E-state index is 11.6. The Morgan fingerprint density at radius 2 is 1.89 bits per heavy atom. The van der Waals surface area contributed by atoms with Gasteiger partial charge < -0.3 is 14.8 Å². The molecule has 0 saturated carbocycles. The Labute approximate surface area is 110 Å². The highest BCUT2D eigenvalue weighted by atomic mass is 16.7. The molecule has 0 heterocycles. The van der Waals surface area contributed by atoms with E-state index in [1.807, 2.05) is 13.8 Å². The number of ether oxygens (including phenoxy) is 2. The molecule has 104 valence electrons. The molecular formula is C14H25NO3. The van der Waals surface area contributed by atoms with Crippen molar-refractivity contribution >= 4 is 5.78 Å². The van der Waals surface area contributed by atoms with Crippen LogP contribution in [0.3, 0.4) is 0 Å². The Kier molecular flexibility index (Phi) is 5.82. The minimum atomic E-state index is -0.249. The molecule has 1 rings (SSSR count). The molecule has 4 heteroatoms. The summed E-state index contributed by atoms with van der Waals surface area (Å²) < 4.78 is 10.9. The Hall–Kier alpha value is -0.870.